The molecule has 0 spiro atoms. The molecule has 0 aromatic carbocycles. The maximum absolute atomic E-state index is 9.84. The van der Waals surface area contributed by atoms with Gasteiger partial charge in [0.15, 0.2) is 0 Å². The van der Waals surface area contributed by atoms with Gasteiger partial charge in [0, 0.05) is 0 Å². The van der Waals surface area contributed by atoms with Crippen LogP contribution >= 0.6 is 0 Å². The number of aliphatic hydroxyl groups excluding tert-OH is 1. The predicted molar refractivity (Wildman–Crippen MR) is 48.4 cm³/mol. The van der Waals surface area contributed by atoms with Crippen LogP contribution in [0.4, 0.5) is 0 Å². The molecule has 1 fully saturated rings. The van der Waals surface area contributed by atoms with Gasteiger partial charge in [-0.05, 0) is 13.8 Å². The van der Waals surface area contributed by atoms with Gasteiger partial charge >= 0.3 is 0 Å². The van der Waals surface area contributed by atoms with Crippen LogP contribution in [0.25, 0.3) is 0 Å². The zero-order chi connectivity index (χ0) is 10.2. The van der Waals surface area contributed by atoms with Crippen molar-refractivity contribution in [3.8, 4) is 0 Å². The van der Waals surface area contributed by atoms with Gasteiger partial charge in [0.25, 0.3) is 0 Å². The molecule has 2 unspecified atom stereocenters. The highest BCUT2D eigenvalue weighted by Gasteiger charge is 2.37. The summed E-state index contributed by atoms with van der Waals surface area (Å²) in [6.45, 7) is 4.28. The Bertz CT molecular complexity index is 297. The maximum atomic E-state index is 9.84. The van der Waals surface area contributed by atoms with Gasteiger partial charge in [-0.1, -0.05) is 0 Å². The number of hydrogen-bond acceptors (Lipinski definition) is 5. The van der Waals surface area contributed by atoms with E-state index in [2.05, 4.69) is 10.3 Å². The number of nitrogens with one attached hydrogen (secondary N) is 1. The van der Waals surface area contributed by atoms with Crippen LogP contribution in [0.3, 0.4) is 0 Å². The van der Waals surface area contributed by atoms with E-state index in [1.54, 1.807) is 0 Å². The molecule has 78 valence electrons. The van der Waals surface area contributed by atoms with Gasteiger partial charge in [-0.2, -0.15) is 0 Å². The number of rotatable bonds is 2. The Morgan fingerprint density at radius 3 is 3.00 bits per heavy atom. The lowest BCUT2D eigenvalue weighted by Gasteiger charge is -2.19. The van der Waals surface area contributed by atoms with Crippen LogP contribution < -0.4 is 5.32 Å². The van der Waals surface area contributed by atoms with E-state index in [9.17, 15) is 5.11 Å². The molecule has 0 aliphatic carbocycles. The summed E-state index contributed by atoms with van der Waals surface area (Å²) >= 11 is 0. The molecule has 2 N–H and O–H groups in total. The molecule has 0 bridgehead atoms. The average Bonchev–Trinajstić information content (AvgIpc) is 2.72. The topological polar surface area (TPSA) is 67.5 Å². The highest BCUT2D eigenvalue weighted by atomic mass is 16.5. The number of oxazole rings is 1. The molecule has 5 nitrogen and oxygen atoms in total. The highest BCUT2D eigenvalue weighted by Crippen LogP contribution is 2.23. The van der Waals surface area contributed by atoms with Crippen LogP contribution in [-0.4, -0.2) is 28.5 Å². The molecular formula is C9H14N2O3. The Labute approximate surface area is 82.1 Å². The lowest BCUT2D eigenvalue weighted by Crippen LogP contribution is -2.41. The van der Waals surface area contributed by atoms with Crippen LogP contribution in [-0.2, 0) is 4.74 Å². The number of aliphatic hydroxyl groups is 1. The van der Waals surface area contributed by atoms with E-state index in [4.69, 9.17) is 9.15 Å². The van der Waals surface area contributed by atoms with Crippen molar-refractivity contribution in [2.24, 2.45) is 0 Å². The summed E-state index contributed by atoms with van der Waals surface area (Å²) in [6.07, 6.45) is 2.20. The van der Waals surface area contributed by atoms with Crippen molar-refractivity contribution >= 4 is 0 Å². The summed E-state index contributed by atoms with van der Waals surface area (Å²) < 4.78 is 10.5. The Morgan fingerprint density at radius 2 is 2.50 bits per heavy atom. The summed E-state index contributed by atoms with van der Waals surface area (Å²) in [7, 11) is 0. The second-order valence-corrected chi connectivity index (χ2v) is 3.89. The fourth-order valence-corrected chi connectivity index (χ4v) is 1.55. The van der Waals surface area contributed by atoms with Crippen LogP contribution in [0.15, 0.2) is 16.9 Å². The zero-order valence-electron chi connectivity index (χ0n) is 8.23. The van der Waals surface area contributed by atoms with Gasteiger partial charge in [0.1, 0.15) is 18.1 Å². The van der Waals surface area contributed by atoms with Crippen molar-refractivity contribution in [3.63, 3.8) is 0 Å². The zero-order valence-corrected chi connectivity index (χ0v) is 8.23. The van der Waals surface area contributed by atoms with Crippen molar-refractivity contribution in [1.29, 1.82) is 0 Å². The minimum Gasteiger partial charge on any atom is -0.446 e. The first-order chi connectivity index (χ1) is 6.58. The lowest BCUT2D eigenvalue weighted by molar-refractivity contribution is 0.0223. The van der Waals surface area contributed by atoms with E-state index in [1.807, 2.05) is 13.8 Å². The first kappa shape index (κ1) is 9.64. The van der Waals surface area contributed by atoms with Gasteiger partial charge in [-0.3, -0.25) is 5.32 Å². The predicted octanol–water partition coefficient (Wildman–Crippen LogP) is 0.432. The van der Waals surface area contributed by atoms with E-state index in [1.165, 1.54) is 12.5 Å². The van der Waals surface area contributed by atoms with E-state index >= 15 is 0 Å². The molecule has 0 amide bonds. The normalized spacial score (nSPS) is 27.8. The van der Waals surface area contributed by atoms with E-state index in [0.29, 0.717) is 12.5 Å². The quantitative estimate of drug-likeness (QED) is 0.721. The number of hydrogen-bond donors (Lipinski definition) is 2. The molecule has 2 rings (SSSR count). The van der Waals surface area contributed by atoms with E-state index < -0.39 is 11.8 Å². The molecule has 5 heteroatoms. The number of nitrogens with zero attached hydrogens (tertiary/aromatic N) is 1. The lowest BCUT2D eigenvalue weighted by atomic mass is 10.1. The summed E-state index contributed by atoms with van der Waals surface area (Å²) in [5.41, 5.74) is -0.391. The fraction of sp³-hybridized carbons (Fsp3) is 0.667. The third kappa shape index (κ3) is 1.79. The van der Waals surface area contributed by atoms with Crippen LogP contribution in [0.5, 0.6) is 0 Å². The molecular weight excluding hydrogens is 184 g/mol. The second kappa shape index (κ2) is 3.34. The summed E-state index contributed by atoms with van der Waals surface area (Å²) in [6, 6.07) is -0.163. The Balaban J connectivity index is 2.04. The van der Waals surface area contributed by atoms with Crippen molar-refractivity contribution in [2.45, 2.75) is 31.7 Å². The van der Waals surface area contributed by atoms with Crippen LogP contribution in [0.1, 0.15) is 25.8 Å². The average molecular weight is 198 g/mol. The molecule has 2 heterocycles. The Morgan fingerprint density at radius 1 is 1.71 bits per heavy atom. The van der Waals surface area contributed by atoms with Crippen molar-refractivity contribution in [2.75, 3.05) is 6.61 Å². The fourth-order valence-electron chi connectivity index (χ4n) is 1.55. The van der Waals surface area contributed by atoms with Crippen LogP contribution in [0, 0.1) is 0 Å². The van der Waals surface area contributed by atoms with E-state index in [-0.39, 0.29) is 6.04 Å². The minimum absolute atomic E-state index is 0.163. The van der Waals surface area contributed by atoms with E-state index in [0.717, 1.165) is 0 Å². The standard InChI is InChI=1S/C9H14N2O3/c1-9(2)11-6(5-14-9)7(12)8-10-3-4-13-8/h3-4,6-7,11-12H,5H2,1-2H3. The monoisotopic (exact) mass is 198 g/mol. The van der Waals surface area contributed by atoms with Crippen LogP contribution in [0.2, 0.25) is 0 Å². The maximum Gasteiger partial charge on any atom is 0.224 e. The molecule has 14 heavy (non-hydrogen) atoms. The highest BCUT2D eigenvalue weighted by molar-refractivity contribution is 4.96. The Hall–Kier alpha value is -0.910. The smallest absolute Gasteiger partial charge is 0.224 e. The molecule has 2 atom stereocenters. The van der Waals surface area contributed by atoms with Gasteiger partial charge in [-0.15, -0.1) is 0 Å². The molecule has 1 aliphatic heterocycles. The first-order valence-corrected chi connectivity index (χ1v) is 4.57. The van der Waals surface area contributed by atoms with Crippen molar-refractivity contribution < 1.29 is 14.3 Å². The third-order valence-electron chi connectivity index (χ3n) is 2.24. The number of ether oxygens (including phenoxy) is 1. The van der Waals surface area contributed by atoms with Gasteiger partial charge in [0.05, 0.1) is 18.8 Å². The molecule has 1 aromatic heterocycles. The molecule has 0 saturated carbocycles. The van der Waals surface area contributed by atoms with Gasteiger partial charge < -0.3 is 14.3 Å². The van der Waals surface area contributed by atoms with Gasteiger partial charge in [-0.25, -0.2) is 4.98 Å². The Kier molecular flexibility index (Phi) is 2.30. The summed E-state index contributed by atoms with van der Waals surface area (Å²) in [5, 5.41) is 13.0. The SMILES string of the molecule is CC1(C)NC(C(O)c2ncco2)CO1. The molecule has 0 radical (unpaired) electrons. The summed E-state index contributed by atoms with van der Waals surface area (Å²) in [5.74, 6) is 0.323. The van der Waals surface area contributed by atoms with Gasteiger partial charge in [0.2, 0.25) is 5.89 Å². The van der Waals surface area contributed by atoms with Crippen molar-refractivity contribution in [3.05, 3.63) is 18.4 Å². The third-order valence-corrected chi connectivity index (χ3v) is 2.24. The molecule has 1 aromatic rings. The first-order valence-electron chi connectivity index (χ1n) is 4.57. The largest absolute Gasteiger partial charge is 0.446 e. The number of aromatic nitrogens is 1. The molecule has 1 saturated heterocycles. The molecule has 1 aliphatic rings. The minimum atomic E-state index is -0.758. The summed E-state index contributed by atoms with van der Waals surface area (Å²) in [4.78, 5) is 3.90. The second-order valence-electron chi connectivity index (χ2n) is 3.89. The van der Waals surface area contributed by atoms with Crippen molar-refractivity contribution in [1.82, 2.24) is 10.3 Å².